The van der Waals surface area contributed by atoms with Gasteiger partial charge in [-0.25, -0.2) is 0 Å². The Morgan fingerprint density at radius 2 is 2.19 bits per heavy atom. The highest BCUT2D eigenvalue weighted by Crippen LogP contribution is 2.45. The minimum atomic E-state index is -0.244. The molecule has 2 unspecified atom stereocenters. The lowest BCUT2D eigenvalue weighted by molar-refractivity contribution is -0.134. The van der Waals surface area contributed by atoms with Crippen molar-refractivity contribution in [3.63, 3.8) is 0 Å². The van der Waals surface area contributed by atoms with Crippen molar-refractivity contribution in [2.45, 2.75) is 51.0 Å². The zero-order valence-corrected chi connectivity index (χ0v) is 16.2. The fourth-order valence-electron chi connectivity index (χ4n) is 5.03. The Balaban J connectivity index is 1.59. The molecule has 1 aliphatic heterocycles. The lowest BCUT2D eigenvalue weighted by Gasteiger charge is -2.43. The van der Waals surface area contributed by atoms with Crippen molar-refractivity contribution in [1.82, 2.24) is 9.88 Å². The van der Waals surface area contributed by atoms with Crippen LogP contribution in [-0.2, 0) is 4.79 Å². The molecule has 4 rings (SSSR count). The van der Waals surface area contributed by atoms with E-state index in [4.69, 9.17) is 5.73 Å². The van der Waals surface area contributed by atoms with E-state index in [1.807, 2.05) is 11.0 Å². The number of aromatic nitrogens is 1. The number of likely N-dealkylation sites (tertiary alicyclic amines) is 1. The normalized spacial score (nSPS) is 31.5. The minimum absolute atomic E-state index is 0.203. The first-order valence-corrected chi connectivity index (χ1v) is 10.0. The standard InChI is InChI=1S/C22H28N4O/c1-14-8-17(13-26(12-14)19(27)10-22(24)5-6-22)20-15(2)9-16(11-23)21-18(20)4-3-7-25-21/h3-4,7,9,14-15,17,20H,5-6,8,10,12-13,24H2,1-2H3/t14-,15?,17+,20?/m1/s1. The lowest BCUT2D eigenvalue weighted by atomic mass is 9.69. The monoisotopic (exact) mass is 364 g/mol. The van der Waals surface area contributed by atoms with Crippen molar-refractivity contribution >= 4 is 11.5 Å². The summed E-state index contributed by atoms with van der Waals surface area (Å²) in [6.07, 6.45) is 7.31. The maximum absolute atomic E-state index is 12.8. The zero-order chi connectivity index (χ0) is 19.2. The van der Waals surface area contributed by atoms with Gasteiger partial charge >= 0.3 is 0 Å². The number of pyridine rings is 1. The molecule has 142 valence electrons. The summed E-state index contributed by atoms with van der Waals surface area (Å²) in [6, 6.07) is 6.37. The molecule has 1 saturated heterocycles. The summed E-state index contributed by atoms with van der Waals surface area (Å²) in [5, 5.41) is 9.50. The van der Waals surface area contributed by atoms with Crippen molar-refractivity contribution in [3.05, 3.63) is 35.7 Å². The van der Waals surface area contributed by atoms with Gasteiger partial charge < -0.3 is 10.6 Å². The largest absolute Gasteiger partial charge is 0.342 e. The molecule has 1 saturated carbocycles. The number of nitrogens with zero attached hydrogens (tertiary/aromatic N) is 3. The van der Waals surface area contributed by atoms with Gasteiger partial charge in [0.05, 0.1) is 11.3 Å². The second-order valence-electron chi connectivity index (χ2n) is 8.96. The number of hydrogen-bond acceptors (Lipinski definition) is 4. The van der Waals surface area contributed by atoms with Crippen LogP contribution in [0.2, 0.25) is 0 Å². The second-order valence-corrected chi connectivity index (χ2v) is 8.96. The van der Waals surface area contributed by atoms with Gasteiger partial charge in [0.15, 0.2) is 0 Å². The first-order chi connectivity index (χ1) is 12.9. The van der Waals surface area contributed by atoms with Gasteiger partial charge in [-0.15, -0.1) is 0 Å². The molecule has 0 aromatic carbocycles. The van der Waals surface area contributed by atoms with E-state index < -0.39 is 0 Å². The molecule has 0 radical (unpaired) electrons. The summed E-state index contributed by atoms with van der Waals surface area (Å²) in [5.41, 5.74) is 8.59. The molecule has 0 spiro atoms. The van der Waals surface area contributed by atoms with Crippen molar-refractivity contribution in [2.24, 2.45) is 23.5 Å². The fourth-order valence-corrected chi connectivity index (χ4v) is 5.03. The highest BCUT2D eigenvalue weighted by Gasteiger charge is 2.43. The Morgan fingerprint density at radius 1 is 1.41 bits per heavy atom. The smallest absolute Gasteiger partial charge is 0.224 e. The molecule has 4 atom stereocenters. The van der Waals surface area contributed by atoms with Crippen molar-refractivity contribution in [1.29, 1.82) is 5.26 Å². The maximum atomic E-state index is 12.8. The molecule has 5 heteroatoms. The molecule has 0 bridgehead atoms. The maximum Gasteiger partial charge on any atom is 0.224 e. The second kappa shape index (κ2) is 6.76. The van der Waals surface area contributed by atoms with Crippen LogP contribution >= 0.6 is 0 Å². The number of hydrogen-bond donors (Lipinski definition) is 1. The zero-order valence-electron chi connectivity index (χ0n) is 16.2. The molecule has 27 heavy (non-hydrogen) atoms. The summed E-state index contributed by atoms with van der Waals surface area (Å²) in [4.78, 5) is 19.4. The van der Waals surface area contributed by atoms with Gasteiger partial charge in [0.2, 0.25) is 5.91 Å². The van der Waals surface area contributed by atoms with Crippen molar-refractivity contribution in [2.75, 3.05) is 13.1 Å². The number of nitriles is 1. The number of nitrogens with two attached hydrogens (primary N) is 1. The Hall–Kier alpha value is -2.19. The van der Waals surface area contributed by atoms with Crippen LogP contribution in [-0.4, -0.2) is 34.4 Å². The van der Waals surface area contributed by atoms with E-state index in [2.05, 4.69) is 37.0 Å². The molecule has 1 aromatic heterocycles. The molecule has 2 fully saturated rings. The van der Waals surface area contributed by atoms with Crippen LogP contribution in [0.3, 0.4) is 0 Å². The molecule has 3 aliphatic rings. The number of fused-ring (bicyclic) bond motifs is 1. The third kappa shape index (κ3) is 3.51. The van der Waals surface area contributed by atoms with Gasteiger partial charge in [0, 0.05) is 31.2 Å². The topological polar surface area (TPSA) is 83.0 Å². The average Bonchev–Trinajstić information content (AvgIpc) is 3.37. The molecule has 1 amide bonds. The van der Waals surface area contributed by atoms with Gasteiger partial charge in [-0.3, -0.25) is 9.78 Å². The van der Waals surface area contributed by atoms with Crippen LogP contribution in [0.15, 0.2) is 24.4 Å². The SMILES string of the molecule is CC1C=C(C#N)c2ncccc2C1[C@H]1C[C@@H](C)CN(C(=O)CC2(N)CC2)C1. The molecular formula is C22H28N4O. The fraction of sp³-hybridized carbons (Fsp3) is 0.591. The van der Waals surface area contributed by atoms with E-state index in [-0.39, 0.29) is 23.3 Å². The third-order valence-corrected chi connectivity index (χ3v) is 6.52. The van der Waals surface area contributed by atoms with Crippen LogP contribution in [0.4, 0.5) is 0 Å². The van der Waals surface area contributed by atoms with Gasteiger partial charge in [-0.1, -0.05) is 26.0 Å². The van der Waals surface area contributed by atoms with E-state index in [1.165, 1.54) is 0 Å². The Labute approximate surface area is 161 Å². The van der Waals surface area contributed by atoms with Crippen molar-refractivity contribution < 1.29 is 4.79 Å². The first-order valence-electron chi connectivity index (χ1n) is 10.0. The quantitative estimate of drug-likeness (QED) is 0.893. The molecule has 2 N–H and O–H groups in total. The van der Waals surface area contributed by atoms with Crippen LogP contribution < -0.4 is 5.73 Å². The lowest BCUT2D eigenvalue weighted by Crippen LogP contribution is -2.47. The number of carbonyl (C=O) groups excluding carboxylic acids is 1. The number of carbonyl (C=O) groups is 1. The summed E-state index contributed by atoms with van der Waals surface area (Å²) in [5.74, 6) is 1.59. The highest BCUT2D eigenvalue weighted by molar-refractivity contribution is 5.79. The summed E-state index contributed by atoms with van der Waals surface area (Å²) < 4.78 is 0. The Kier molecular flexibility index (Phi) is 4.55. The van der Waals surface area contributed by atoms with E-state index >= 15 is 0 Å². The van der Waals surface area contributed by atoms with Crippen LogP contribution in [0.5, 0.6) is 0 Å². The number of allylic oxidation sites excluding steroid dienone is 2. The average molecular weight is 364 g/mol. The van der Waals surface area contributed by atoms with E-state index in [0.29, 0.717) is 23.8 Å². The van der Waals surface area contributed by atoms with Gasteiger partial charge in [-0.2, -0.15) is 5.26 Å². The molecule has 5 nitrogen and oxygen atoms in total. The third-order valence-electron chi connectivity index (χ3n) is 6.52. The van der Waals surface area contributed by atoms with Gasteiger partial charge in [0.25, 0.3) is 0 Å². The molecule has 1 aromatic rings. The predicted octanol–water partition coefficient (Wildman–Crippen LogP) is 3.09. The Bertz CT molecular complexity index is 820. The molecular weight excluding hydrogens is 336 g/mol. The van der Waals surface area contributed by atoms with Crippen LogP contribution in [0.25, 0.3) is 5.57 Å². The highest BCUT2D eigenvalue weighted by atomic mass is 16.2. The van der Waals surface area contributed by atoms with E-state index in [1.54, 1.807) is 6.20 Å². The minimum Gasteiger partial charge on any atom is -0.342 e. The predicted molar refractivity (Wildman–Crippen MR) is 104 cm³/mol. The summed E-state index contributed by atoms with van der Waals surface area (Å²) in [6.45, 7) is 6.02. The summed E-state index contributed by atoms with van der Waals surface area (Å²) >= 11 is 0. The summed E-state index contributed by atoms with van der Waals surface area (Å²) in [7, 11) is 0. The Morgan fingerprint density at radius 3 is 2.89 bits per heavy atom. The van der Waals surface area contributed by atoms with Gasteiger partial charge in [0.1, 0.15) is 6.07 Å². The van der Waals surface area contributed by atoms with Crippen LogP contribution in [0, 0.1) is 29.1 Å². The van der Waals surface area contributed by atoms with E-state index in [0.717, 1.165) is 43.6 Å². The first kappa shape index (κ1) is 18.2. The van der Waals surface area contributed by atoms with Crippen LogP contribution in [0.1, 0.15) is 56.7 Å². The molecule has 2 heterocycles. The van der Waals surface area contributed by atoms with Gasteiger partial charge in [-0.05, 0) is 54.6 Å². The number of piperidine rings is 1. The number of amides is 1. The number of rotatable bonds is 3. The van der Waals surface area contributed by atoms with E-state index in [9.17, 15) is 10.1 Å². The van der Waals surface area contributed by atoms with Crippen molar-refractivity contribution in [3.8, 4) is 6.07 Å². The molecule has 2 aliphatic carbocycles.